The van der Waals surface area contributed by atoms with Gasteiger partial charge in [0.1, 0.15) is 13.2 Å². The van der Waals surface area contributed by atoms with Crippen LogP contribution < -0.4 is 0 Å². The molecule has 76 heavy (non-hydrogen) atoms. The Hall–Kier alpha value is -4.19. The maximum atomic E-state index is 12.8. The number of allylic oxidation sites excluding steroid dienone is 20. The standard InChI is InChI=1S/C70H116O6/c1-4-7-10-13-16-19-22-24-26-27-28-29-30-31-32-33-34-35-36-37-38-39-40-41-42-43-44-46-48-51-54-57-60-63-69(72)75-66-67(65-74-68(71)62-59-56-53-50-47-21-18-15-12-9-6-3)76-70(73)64-61-58-55-52-49-45-25-23-20-17-14-11-8-5-2/h7,10,14-19,23-26,28-29,31-32,34-35,37-38,67H,4-6,8-9,11-13,20-22,27,30,33,36,39-66H2,1-3H3/b10-7-,17-14-,18-15-,19-16-,25-23-,26-24-,29-28-,32-31-,35-34-,38-37-. The molecule has 0 saturated carbocycles. The van der Waals surface area contributed by atoms with E-state index in [1.54, 1.807) is 0 Å². The van der Waals surface area contributed by atoms with Crippen LogP contribution in [0, 0.1) is 0 Å². The van der Waals surface area contributed by atoms with E-state index in [9.17, 15) is 14.4 Å². The number of carbonyl (C=O) groups excluding carboxylic acids is 3. The zero-order chi connectivity index (χ0) is 55.0. The summed E-state index contributed by atoms with van der Waals surface area (Å²) in [6.07, 6.45) is 87.8. The third-order valence-corrected chi connectivity index (χ3v) is 13.2. The molecule has 1 unspecified atom stereocenters. The smallest absolute Gasteiger partial charge is 0.306 e. The molecule has 0 aromatic carbocycles. The maximum absolute atomic E-state index is 12.8. The summed E-state index contributed by atoms with van der Waals surface area (Å²) in [4.78, 5) is 38.1. The fourth-order valence-electron chi connectivity index (χ4n) is 8.42. The largest absolute Gasteiger partial charge is 0.462 e. The SMILES string of the molecule is CC/C=C\C/C=C\C/C=C\C/C=C\C/C=C\C/C=C\C/C=C\CCCCCCCCCCCCCC(=O)OCC(COC(=O)CCCCCCC/C=C\CCCC)OC(=O)CCCCCCC/C=C\C/C=C\CCCC. The molecular weight excluding hydrogens is 937 g/mol. The van der Waals surface area contributed by atoms with Gasteiger partial charge in [0.25, 0.3) is 0 Å². The molecule has 0 aliphatic heterocycles. The van der Waals surface area contributed by atoms with Crippen molar-refractivity contribution < 1.29 is 28.6 Å². The molecule has 0 amide bonds. The number of esters is 3. The fraction of sp³-hybridized carbons (Fsp3) is 0.671. The Morgan fingerprint density at radius 1 is 0.276 bits per heavy atom. The highest BCUT2D eigenvalue weighted by atomic mass is 16.6. The average molecular weight is 1050 g/mol. The first-order valence-electron chi connectivity index (χ1n) is 31.5. The van der Waals surface area contributed by atoms with Gasteiger partial charge in [-0.15, -0.1) is 0 Å². The van der Waals surface area contributed by atoms with E-state index in [1.165, 1.54) is 109 Å². The van der Waals surface area contributed by atoms with Gasteiger partial charge in [-0.1, -0.05) is 264 Å². The summed E-state index contributed by atoms with van der Waals surface area (Å²) in [5.41, 5.74) is 0. The van der Waals surface area contributed by atoms with Crippen molar-refractivity contribution >= 4 is 17.9 Å². The molecule has 0 aliphatic rings. The molecule has 0 bridgehead atoms. The molecule has 0 fully saturated rings. The summed E-state index contributed by atoms with van der Waals surface area (Å²) in [5.74, 6) is -0.914. The number of unbranched alkanes of at least 4 members (excludes halogenated alkanes) is 25. The van der Waals surface area contributed by atoms with Crippen molar-refractivity contribution in [2.75, 3.05) is 13.2 Å². The van der Waals surface area contributed by atoms with Crippen LogP contribution in [0.25, 0.3) is 0 Å². The van der Waals surface area contributed by atoms with Crippen LogP contribution in [0.3, 0.4) is 0 Å². The molecule has 0 aliphatic carbocycles. The summed E-state index contributed by atoms with van der Waals surface area (Å²) >= 11 is 0. The van der Waals surface area contributed by atoms with Crippen LogP contribution in [0.5, 0.6) is 0 Å². The molecule has 0 saturated heterocycles. The Labute approximate surface area is 469 Å². The highest BCUT2D eigenvalue weighted by Gasteiger charge is 2.19. The van der Waals surface area contributed by atoms with Gasteiger partial charge in [0.15, 0.2) is 6.10 Å². The molecule has 0 heterocycles. The predicted molar refractivity (Wildman–Crippen MR) is 330 cm³/mol. The second-order valence-corrected chi connectivity index (χ2v) is 20.6. The Morgan fingerprint density at radius 2 is 0.513 bits per heavy atom. The Balaban J connectivity index is 4.19. The Morgan fingerprint density at radius 3 is 0.816 bits per heavy atom. The molecular formula is C70H116O6. The van der Waals surface area contributed by atoms with Crippen molar-refractivity contribution in [1.82, 2.24) is 0 Å². The molecule has 1 atom stereocenters. The number of hydrogen-bond acceptors (Lipinski definition) is 6. The van der Waals surface area contributed by atoms with Crippen molar-refractivity contribution in [2.24, 2.45) is 0 Å². The molecule has 0 aromatic rings. The van der Waals surface area contributed by atoms with Crippen LogP contribution in [0.4, 0.5) is 0 Å². The summed E-state index contributed by atoms with van der Waals surface area (Å²) in [6, 6.07) is 0. The van der Waals surface area contributed by atoms with Gasteiger partial charge in [0.05, 0.1) is 0 Å². The molecule has 432 valence electrons. The van der Waals surface area contributed by atoms with Crippen molar-refractivity contribution in [1.29, 1.82) is 0 Å². The Bertz CT molecular complexity index is 1590. The van der Waals surface area contributed by atoms with E-state index >= 15 is 0 Å². The average Bonchev–Trinajstić information content (AvgIpc) is 3.42. The molecule has 6 heteroatoms. The number of rotatable bonds is 56. The van der Waals surface area contributed by atoms with Gasteiger partial charge in [-0.3, -0.25) is 14.4 Å². The first kappa shape index (κ1) is 71.8. The van der Waals surface area contributed by atoms with Gasteiger partial charge in [-0.2, -0.15) is 0 Å². The van der Waals surface area contributed by atoms with Crippen molar-refractivity contribution in [3.63, 3.8) is 0 Å². The lowest BCUT2D eigenvalue weighted by molar-refractivity contribution is -0.167. The van der Waals surface area contributed by atoms with Crippen LogP contribution >= 0.6 is 0 Å². The van der Waals surface area contributed by atoms with E-state index in [2.05, 4.69) is 142 Å². The van der Waals surface area contributed by atoms with Gasteiger partial charge in [-0.05, 0) is 122 Å². The predicted octanol–water partition coefficient (Wildman–Crippen LogP) is 21.6. The first-order chi connectivity index (χ1) is 37.5. The first-order valence-corrected chi connectivity index (χ1v) is 31.5. The van der Waals surface area contributed by atoms with Crippen LogP contribution in [0.2, 0.25) is 0 Å². The second kappa shape index (κ2) is 63.3. The van der Waals surface area contributed by atoms with Crippen LogP contribution in [0.15, 0.2) is 122 Å². The van der Waals surface area contributed by atoms with Gasteiger partial charge >= 0.3 is 17.9 Å². The van der Waals surface area contributed by atoms with Gasteiger partial charge in [0.2, 0.25) is 0 Å². The molecule has 0 spiro atoms. The third-order valence-electron chi connectivity index (χ3n) is 13.2. The zero-order valence-electron chi connectivity index (χ0n) is 49.5. The lowest BCUT2D eigenvalue weighted by Crippen LogP contribution is -2.30. The van der Waals surface area contributed by atoms with Crippen molar-refractivity contribution in [3.8, 4) is 0 Å². The molecule has 0 rings (SSSR count). The molecule has 0 N–H and O–H groups in total. The molecule has 6 nitrogen and oxygen atoms in total. The molecule has 0 aromatic heterocycles. The van der Waals surface area contributed by atoms with Crippen LogP contribution in [0.1, 0.15) is 284 Å². The number of ether oxygens (including phenoxy) is 3. The van der Waals surface area contributed by atoms with E-state index in [0.29, 0.717) is 19.3 Å². The molecule has 0 radical (unpaired) electrons. The van der Waals surface area contributed by atoms with E-state index in [-0.39, 0.29) is 31.1 Å². The normalized spacial score (nSPS) is 12.9. The Kier molecular flexibility index (Phi) is 59.9. The van der Waals surface area contributed by atoms with E-state index in [4.69, 9.17) is 14.2 Å². The highest BCUT2D eigenvalue weighted by molar-refractivity contribution is 5.71. The number of hydrogen-bond donors (Lipinski definition) is 0. The van der Waals surface area contributed by atoms with Crippen molar-refractivity contribution in [3.05, 3.63) is 122 Å². The summed E-state index contributed by atoms with van der Waals surface area (Å²) in [5, 5.41) is 0. The third kappa shape index (κ3) is 60.7. The summed E-state index contributed by atoms with van der Waals surface area (Å²) < 4.78 is 16.8. The fourth-order valence-corrected chi connectivity index (χ4v) is 8.42. The van der Waals surface area contributed by atoms with Crippen LogP contribution in [-0.4, -0.2) is 37.2 Å². The topological polar surface area (TPSA) is 78.9 Å². The zero-order valence-corrected chi connectivity index (χ0v) is 49.5. The van der Waals surface area contributed by atoms with E-state index in [1.807, 2.05) is 0 Å². The quantitative estimate of drug-likeness (QED) is 0.0261. The minimum atomic E-state index is -0.791. The maximum Gasteiger partial charge on any atom is 0.306 e. The number of carbonyl (C=O) groups is 3. The van der Waals surface area contributed by atoms with Crippen molar-refractivity contribution in [2.45, 2.75) is 290 Å². The minimum Gasteiger partial charge on any atom is -0.462 e. The van der Waals surface area contributed by atoms with Crippen LogP contribution in [-0.2, 0) is 28.6 Å². The lowest BCUT2D eigenvalue weighted by atomic mass is 10.0. The lowest BCUT2D eigenvalue weighted by Gasteiger charge is -2.18. The minimum absolute atomic E-state index is 0.0887. The van der Waals surface area contributed by atoms with Gasteiger partial charge in [0, 0.05) is 19.3 Å². The van der Waals surface area contributed by atoms with Gasteiger partial charge in [-0.25, -0.2) is 0 Å². The van der Waals surface area contributed by atoms with E-state index < -0.39 is 6.10 Å². The van der Waals surface area contributed by atoms with E-state index in [0.717, 1.165) is 135 Å². The highest BCUT2D eigenvalue weighted by Crippen LogP contribution is 2.15. The second-order valence-electron chi connectivity index (χ2n) is 20.6. The van der Waals surface area contributed by atoms with Gasteiger partial charge < -0.3 is 14.2 Å². The monoisotopic (exact) mass is 1050 g/mol. The summed E-state index contributed by atoms with van der Waals surface area (Å²) in [7, 11) is 0. The summed E-state index contributed by atoms with van der Waals surface area (Å²) in [6.45, 7) is 6.43.